The van der Waals surface area contributed by atoms with E-state index in [0.717, 1.165) is 0 Å². The molecule has 1 aliphatic heterocycles. The third kappa shape index (κ3) is 4.21. The van der Waals surface area contributed by atoms with Crippen molar-refractivity contribution in [2.24, 2.45) is 0 Å². The number of amides is 1. The molecule has 132 valence electrons. The van der Waals surface area contributed by atoms with Gasteiger partial charge in [0.05, 0.1) is 12.0 Å². The molecular weight excluding hydrogens is 362 g/mol. The van der Waals surface area contributed by atoms with Crippen LogP contribution in [0.25, 0.3) is 6.08 Å². The molecule has 2 rings (SSSR count). The Morgan fingerprint density at radius 2 is 2.24 bits per heavy atom. The summed E-state index contributed by atoms with van der Waals surface area (Å²) in [6.07, 6.45) is 2.15. The van der Waals surface area contributed by atoms with Crippen LogP contribution in [-0.4, -0.2) is 46.0 Å². The SMILES string of the molecule is C=CCN1C(=O)/C(=C/c2cccc(OC)c2O[C@@H](C)C(=O)O)SC1=S. The summed E-state index contributed by atoms with van der Waals surface area (Å²) in [4.78, 5) is 25.4. The molecule has 1 aromatic carbocycles. The monoisotopic (exact) mass is 379 g/mol. The lowest BCUT2D eigenvalue weighted by Crippen LogP contribution is -2.27. The first-order valence-corrected chi connectivity index (χ1v) is 8.54. The molecule has 1 atom stereocenters. The van der Waals surface area contributed by atoms with Gasteiger partial charge in [0.1, 0.15) is 4.32 Å². The number of hydrogen-bond acceptors (Lipinski definition) is 6. The van der Waals surface area contributed by atoms with E-state index in [9.17, 15) is 9.59 Å². The number of nitrogens with zero attached hydrogens (tertiary/aromatic N) is 1. The first kappa shape index (κ1) is 19.0. The molecule has 0 bridgehead atoms. The minimum absolute atomic E-state index is 0.227. The number of methoxy groups -OCH3 is 1. The number of aliphatic carboxylic acids is 1. The molecule has 1 aromatic rings. The Bertz CT molecular complexity index is 759. The van der Waals surface area contributed by atoms with Crippen molar-refractivity contribution in [3.05, 3.63) is 41.3 Å². The number of carboxylic acids is 1. The third-order valence-electron chi connectivity index (χ3n) is 3.34. The second-order valence-corrected chi connectivity index (χ2v) is 6.73. The number of hydrogen-bond donors (Lipinski definition) is 1. The van der Waals surface area contributed by atoms with Crippen LogP contribution in [-0.2, 0) is 9.59 Å². The first-order valence-electron chi connectivity index (χ1n) is 7.31. The Kier molecular flexibility index (Phi) is 6.22. The summed E-state index contributed by atoms with van der Waals surface area (Å²) in [5.74, 6) is -0.693. The summed E-state index contributed by atoms with van der Waals surface area (Å²) in [6, 6.07) is 5.10. The minimum atomic E-state index is -1.10. The van der Waals surface area contributed by atoms with Crippen LogP contribution in [0, 0.1) is 0 Å². The Hall–Kier alpha value is -2.32. The van der Waals surface area contributed by atoms with Crippen molar-refractivity contribution in [1.29, 1.82) is 0 Å². The Labute approximate surface area is 155 Å². The van der Waals surface area contributed by atoms with Gasteiger partial charge in [0.15, 0.2) is 17.6 Å². The van der Waals surface area contributed by atoms with Gasteiger partial charge in [0, 0.05) is 12.1 Å². The summed E-state index contributed by atoms with van der Waals surface area (Å²) in [7, 11) is 1.46. The summed E-state index contributed by atoms with van der Waals surface area (Å²) in [5, 5.41) is 9.08. The van der Waals surface area contributed by atoms with Crippen molar-refractivity contribution in [2.75, 3.05) is 13.7 Å². The second-order valence-electron chi connectivity index (χ2n) is 5.06. The van der Waals surface area contributed by atoms with E-state index in [1.807, 2.05) is 0 Å². The molecular formula is C17H17NO5S2. The molecule has 0 unspecified atom stereocenters. The van der Waals surface area contributed by atoms with Gasteiger partial charge in [-0.2, -0.15) is 0 Å². The summed E-state index contributed by atoms with van der Waals surface area (Å²) < 4.78 is 11.2. The lowest BCUT2D eigenvalue weighted by atomic mass is 10.1. The van der Waals surface area contributed by atoms with E-state index in [1.165, 1.54) is 30.7 Å². The number of carboxylic acid groups (broad SMARTS) is 1. The highest BCUT2D eigenvalue weighted by Gasteiger charge is 2.31. The average molecular weight is 379 g/mol. The van der Waals surface area contributed by atoms with Crippen LogP contribution >= 0.6 is 24.0 Å². The van der Waals surface area contributed by atoms with E-state index in [2.05, 4.69) is 6.58 Å². The molecule has 0 aromatic heterocycles. The molecule has 6 nitrogen and oxygen atoms in total. The van der Waals surface area contributed by atoms with Crippen LogP contribution in [0.1, 0.15) is 12.5 Å². The number of benzene rings is 1. The van der Waals surface area contributed by atoms with E-state index in [4.69, 9.17) is 26.8 Å². The predicted octanol–water partition coefficient (Wildman–Crippen LogP) is 2.93. The molecule has 1 aliphatic rings. The topological polar surface area (TPSA) is 76.1 Å². The summed E-state index contributed by atoms with van der Waals surface area (Å²) in [5.41, 5.74) is 0.534. The number of thioether (sulfide) groups is 1. The van der Waals surface area contributed by atoms with Crippen molar-refractivity contribution >= 4 is 46.3 Å². The number of rotatable bonds is 7. The van der Waals surface area contributed by atoms with Gasteiger partial charge < -0.3 is 14.6 Å². The average Bonchev–Trinajstić information content (AvgIpc) is 2.84. The van der Waals surface area contributed by atoms with Crippen LogP contribution < -0.4 is 9.47 Å². The Morgan fingerprint density at radius 3 is 2.84 bits per heavy atom. The zero-order valence-electron chi connectivity index (χ0n) is 13.7. The van der Waals surface area contributed by atoms with Crippen molar-refractivity contribution < 1.29 is 24.2 Å². The highest BCUT2D eigenvalue weighted by Crippen LogP contribution is 2.37. The Balaban J connectivity index is 2.42. The van der Waals surface area contributed by atoms with Gasteiger partial charge >= 0.3 is 5.97 Å². The molecule has 0 aliphatic carbocycles. The lowest BCUT2D eigenvalue weighted by molar-refractivity contribution is -0.144. The number of para-hydroxylation sites is 1. The van der Waals surface area contributed by atoms with Gasteiger partial charge in [-0.05, 0) is 19.1 Å². The maximum absolute atomic E-state index is 12.4. The van der Waals surface area contributed by atoms with E-state index >= 15 is 0 Å². The van der Waals surface area contributed by atoms with Crippen LogP contribution in [0.3, 0.4) is 0 Å². The second kappa shape index (κ2) is 8.17. The fourth-order valence-corrected chi connectivity index (χ4v) is 3.35. The molecule has 1 saturated heterocycles. The van der Waals surface area contributed by atoms with Gasteiger partial charge in [-0.25, -0.2) is 4.79 Å². The standard InChI is InChI=1S/C17H17NO5S2/c1-4-8-18-15(19)13(25-17(18)24)9-11-6-5-7-12(22-3)14(11)23-10(2)16(20)21/h4-7,9-10H,1,8H2,2-3H3,(H,20,21)/b13-9-/t10-/m0/s1. The van der Waals surface area contributed by atoms with Gasteiger partial charge in [-0.15, -0.1) is 6.58 Å². The molecule has 8 heteroatoms. The summed E-state index contributed by atoms with van der Waals surface area (Å²) in [6.45, 7) is 5.37. The van der Waals surface area contributed by atoms with Crippen LogP contribution in [0.15, 0.2) is 35.8 Å². The zero-order valence-corrected chi connectivity index (χ0v) is 15.4. The maximum Gasteiger partial charge on any atom is 0.344 e. The molecule has 1 amide bonds. The van der Waals surface area contributed by atoms with Crippen molar-refractivity contribution in [1.82, 2.24) is 4.90 Å². The summed E-state index contributed by atoms with van der Waals surface area (Å²) >= 11 is 6.38. The molecule has 0 spiro atoms. The van der Waals surface area contributed by atoms with E-state index in [-0.39, 0.29) is 11.7 Å². The van der Waals surface area contributed by atoms with Gasteiger partial charge in [-0.1, -0.05) is 42.2 Å². The highest BCUT2D eigenvalue weighted by atomic mass is 32.2. The number of ether oxygens (including phenoxy) is 2. The van der Waals surface area contributed by atoms with Gasteiger partial charge in [0.25, 0.3) is 5.91 Å². The van der Waals surface area contributed by atoms with E-state index < -0.39 is 12.1 Å². The van der Waals surface area contributed by atoms with Gasteiger partial charge in [-0.3, -0.25) is 9.69 Å². The Morgan fingerprint density at radius 1 is 1.52 bits per heavy atom. The minimum Gasteiger partial charge on any atom is -0.493 e. The zero-order chi connectivity index (χ0) is 18.6. The molecule has 0 radical (unpaired) electrons. The van der Waals surface area contributed by atoms with Crippen molar-refractivity contribution in [3.8, 4) is 11.5 Å². The van der Waals surface area contributed by atoms with Gasteiger partial charge in [0.2, 0.25) is 0 Å². The third-order valence-corrected chi connectivity index (χ3v) is 4.72. The predicted molar refractivity (Wildman–Crippen MR) is 101 cm³/mol. The van der Waals surface area contributed by atoms with Crippen LogP contribution in [0.5, 0.6) is 11.5 Å². The van der Waals surface area contributed by atoms with Crippen LogP contribution in [0.2, 0.25) is 0 Å². The fraction of sp³-hybridized carbons (Fsp3) is 0.235. The molecule has 25 heavy (non-hydrogen) atoms. The van der Waals surface area contributed by atoms with Crippen LogP contribution in [0.4, 0.5) is 0 Å². The molecule has 0 saturated carbocycles. The molecule has 1 N–H and O–H groups in total. The quantitative estimate of drug-likeness (QED) is 0.443. The smallest absolute Gasteiger partial charge is 0.344 e. The number of thiocarbonyl (C=S) groups is 1. The lowest BCUT2D eigenvalue weighted by Gasteiger charge is -2.16. The fourth-order valence-electron chi connectivity index (χ4n) is 2.09. The normalized spacial score (nSPS) is 16.9. The molecule has 1 fully saturated rings. The largest absolute Gasteiger partial charge is 0.493 e. The van der Waals surface area contributed by atoms with Crippen molar-refractivity contribution in [2.45, 2.75) is 13.0 Å². The van der Waals surface area contributed by atoms with E-state index in [0.29, 0.717) is 27.1 Å². The number of carbonyl (C=O) groups excluding carboxylic acids is 1. The van der Waals surface area contributed by atoms with Crippen molar-refractivity contribution in [3.63, 3.8) is 0 Å². The first-order chi connectivity index (χ1) is 11.9. The highest BCUT2D eigenvalue weighted by molar-refractivity contribution is 8.26. The molecule has 1 heterocycles. The maximum atomic E-state index is 12.4. The van der Waals surface area contributed by atoms with E-state index in [1.54, 1.807) is 30.4 Å². The number of carbonyl (C=O) groups is 2.